The largest absolute Gasteiger partial charge is 0.466 e. The third-order valence-corrected chi connectivity index (χ3v) is 3.69. The minimum absolute atomic E-state index is 0.310. The van der Waals surface area contributed by atoms with Crippen LogP contribution in [0.15, 0.2) is 54.6 Å². The molecule has 0 aliphatic rings. The first-order valence-electron chi connectivity index (χ1n) is 7.57. The molecule has 0 fully saturated rings. The lowest BCUT2D eigenvalue weighted by Gasteiger charge is -2.22. The van der Waals surface area contributed by atoms with E-state index >= 15 is 0 Å². The summed E-state index contributed by atoms with van der Waals surface area (Å²) in [5.41, 5.74) is 2.86. The molecule has 0 amide bonds. The molecule has 0 saturated carbocycles. The van der Waals surface area contributed by atoms with E-state index in [9.17, 15) is 9.90 Å². The second kappa shape index (κ2) is 7.76. The number of hydrogen-bond donors (Lipinski definition) is 1. The molecular weight excluding hydrogens is 276 g/mol. The zero-order valence-electron chi connectivity index (χ0n) is 13.0. The van der Waals surface area contributed by atoms with Crippen LogP contribution in [0.3, 0.4) is 0 Å². The molecule has 2 aromatic carbocycles. The van der Waals surface area contributed by atoms with E-state index in [0.717, 1.165) is 16.7 Å². The van der Waals surface area contributed by atoms with Crippen LogP contribution in [-0.4, -0.2) is 17.7 Å². The highest BCUT2D eigenvalue weighted by Crippen LogP contribution is 2.27. The van der Waals surface area contributed by atoms with Crippen LogP contribution in [-0.2, 0) is 16.0 Å². The molecule has 2 atom stereocenters. The lowest BCUT2D eigenvalue weighted by Crippen LogP contribution is -2.26. The molecule has 0 saturated heterocycles. The van der Waals surface area contributed by atoms with Gasteiger partial charge >= 0.3 is 5.97 Å². The molecule has 2 rings (SSSR count). The Balaban J connectivity index is 2.23. The normalized spacial score (nSPS) is 13.4. The van der Waals surface area contributed by atoms with E-state index in [1.54, 1.807) is 6.92 Å². The van der Waals surface area contributed by atoms with Crippen molar-refractivity contribution in [1.29, 1.82) is 0 Å². The Bertz CT molecular complexity index is 590. The molecule has 0 bridgehead atoms. The Labute approximate surface area is 131 Å². The van der Waals surface area contributed by atoms with Gasteiger partial charge in [-0.25, -0.2) is 0 Å². The van der Waals surface area contributed by atoms with E-state index < -0.39 is 12.0 Å². The molecule has 0 radical (unpaired) electrons. The third kappa shape index (κ3) is 4.18. The maximum atomic E-state index is 12.2. The Hall–Kier alpha value is -2.13. The van der Waals surface area contributed by atoms with Crippen molar-refractivity contribution < 1.29 is 14.6 Å². The SMILES string of the molecule is CCOC(=O)[C@H](Cc1ccccc1)[C@@H](O)c1ccc(C)cc1. The first-order valence-corrected chi connectivity index (χ1v) is 7.57. The molecule has 116 valence electrons. The number of hydrogen-bond acceptors (Lipinski definition) is 3. The van der Waals surface area contributed by atoms with E-state index in [1.807, 2.05) is 61.5 Å². The lowest BCUT2D eigenvalue weighted by atomic mass is 9.89. The molecule has 1 N–H and O–H groups in total. The predicted octanol–water partition coefficient (Wildman–Crippen LogP) is 3.45. The molecule has 0 unspecified atom stereocenters. The summed E-state index contributed by atoms with van der Waals surface area (Å²) in [4.78, 5) is 12.2. The van der Waals surface area contributed by atoms with Crippen molar-refractivity contribution in [1.82, 2.24) is 0 Å². The predicted molar refractivity (Wildman–Crippen MR) is 86.4 cm³/mol. The van der Waals surface area contributed by atoms with Gasteiger partial charge in [-0.15, -0.1) is 0 Å². The van der Waals surface area contributed by atoms with Crippen LogP contribution >= 0.6 is 0 Å². The number of rotatable bonds is 6. The fourth-order valence-electron chi connectivity index (χ4n) is 2.44. The summed E-state index contributed by atoms with van der Waals surface area (Å²) in [6.07, 6.45) is -0.422. The molecule has 0 aliphatic carbocycles. The van der Waals surface area contributed by atoms with Gasteiger partial charge in [-0.05, 0) is 31.4 Å². The number of benzene rings is 2. The van der Waals surface area contributed by atoms with E-state index in [2.05, 4.69) is 0 Å². The van der Waals surface area contributed by atoms with Crippen molar-refractivity contribution in [3.8, 4) is 0 Å². The summed E-state index contributed by atoms with van der Waals surface area (Å²) < 4.78 is 5.14. The molecule has 0 spiro atoms. The topological polar surface area (TPSA) is 46.5 Å². The van der Waals surface area contributed by atoms with Gasteiger partial charge in [-0.3, -0.25) is 4.79 Å². The van der Waals surface area contributed by atoms with Gasteiger partial charge in [0.15, 0.2) is 0 Å². The Morgan fingerprint density at radius 3 is 2.32 bits per heavy atom. The third-order valence-electron chi connectivity index (χ3n) is 3.69. The van der Waals surface area contributed by atoms with Gasteiger partial charge in [-0.2, -0.15) is 0 Å². The number of ether oxygens (including phenoxy) is 1. The fourth-order valence-corrected chi connectivity index (χ4v) is 2.44. The Morgan fingerprint density at radius 2 is 1.73 bits per heavy atom. The highest BCUT2D eigenvalue weighted by Gasteiger charge is 2.29. The van der Waals surface area contributed by atoms with Crippen molar-refractivity contribution >= 4 is 5.97 Å². The van der Waals surface area contributed by atoms with Crippen LogP contribution in [0.4, 0.5) is 0 Å². The minimum Gasteiger partial charge on any atom is -0.466 e. The number of aryl methyl sites for hydroxylation is 1. The summed E-state index contributed by atoms with van der Waals surface area (Å²) in [5, 5.41) is 10.6. The number of carbonyl (C=O) groups is 1. The van der Waals surface area contributed by atoms with Crippen LogP contribution in [0, 0.1) is 12.8 Å². The van der Waals surface area contributed by atoms with Gasteiger partial charge in [0.05, 0.1) is 18.6 Å². The van der Waals surface area contributed by atoms with Crippen molar-refractivity contribution in [3.05, 3.63) is 71.3 Å². The Kier molecular flexibility index (Phi) is 5.73. The summed E-state index contributed by atoms with van der Waals surface area (Å²) in [5.74, 6) is -0.968. The minimum atomic E-state index is -0.875. The summed E-state index contributed by atoms with van der Waals surface area (Å²) in [6, 6.07) is 17.3. The summed E-state index contributed by atoms with van der Waals surface area (Å²) in [6.45, 7) is 4.07. The van der Waals surface area contributed by atoms with Crippen LogP contribution in [0.2, 0.25) is 0 Å². The number of aliphatic hydroxyl groups is 1. The lowest BCUT2D eigenvalue weighted by molar-refractivity contribution is -0.152. The highest BCUT2D eigenvalue weighted by atomic mass is 16.5. The highest BCUT2D eigenvalue weighted by molar-refractivity contribution is 5.73. The standard InChI is InChI=1S/C19H22O3/c1-3-22-19(21)17(13-15-7-5-4-6-8-15)18(20)16-11-9-14(2)10-12-16/h4-12,17-18,20H,3,13H2,1-2H3/t17-,18+/m1/s1. The second-order valence-corrected chi connectivity index (χ2v) is 5.40. The van der Waals surface area contributed by atoms with Crippen molar-refractivity contribution in [2.45, 2.75) is 26.4 Å². The molecule has 3 heteroatoms. The average Bonchev–Trinajstić information content (AvgIpc) is 2.54. The van der Waals surface area contributed by atoms with Crippen LogP contribution in [0.25, 0.3) is 0 Å². The van der Waals surface area contributed by atoms with Crippen LogP contribution in [0.1, 0.15) is 29.7 Å². The van der Waals surface area contributed by atoms with Gasteiger partial charge < -0.3 is 9.84 Å². The second-order valence-electron chi connectivity index (χ2n) is 5.40. The van der Waals surface area contributed by atoms with Crippen molar-refractivity contribution in [2.75, 3.05) is 6.61 Å². The monoisotopic (exact) mass is 298 g/mol. The fraction of sp³-hybridized carbons (Fsp3) is 0.316. The number of carbonyl (C=O) groups excluding carboxylic acids is 1. The molecule has 0 aliphatic heterocycles. The molecule has 3 nitrogen and oxygen atoms in total. The van der Waals surface area contributed by atoms with Crippen molar-refractivity contribution in [2.24, 2.45) is 5.92 Å². The first-order chi connectivity index (χ1) is 10.6. The first kappa shape index (κ1) is 16.2. The smallest absolute Gasteiger partial charge is 0.312 e. The van der Waals surface area contributed by atoms with Gasteiger partial charge in [0.25, 0.3) is 0 Å². The van der Waals surface area contributed by atoms with Crippen LogP contribution in [0.5, 0.6) is 0 Å². The van der Waals surface area contributed by atoms with Gasteiger partial charge in [0.1, 0.15) is 0 Å². The zero-order chi connectivity index (χ0) is 15.9. The van der Waals surface area contributed by atoms with Crippen LogP contribution < -0.4 is 0 Å². The number of aliphatic hydroxyl groups excluding tert-OH is 1. The Morgan fingerprint density at radius 1 is 1.09 bits per heavy atom. The van der Waals surface area contributed by atoms with Crippen molar-refractivity contribution in [3.63, 3.8) is 0 Å². The molecule has 22 heavy (non-hydrogen) atoms. The maximum Gasteiger partial charge on any atom is 0.312 e. The molecular formula is C19H22O3. The van der Waals surface area contributed by atoms with E-state index in [0.29, 0.717) is 13.0 Å². The van der Waals surface area contributed by atoms with E-state index in [-0.39, 0.29) is 5.97 Å². The van der Waals surface area contributed by atoms with Gasteiger partial charge in [0.2, 0.25) is 0 Å². The summed E-state index contributed by atoms with van der Waals surface area (Å²) in [7, 11) is 0. The van der Waals surface area contributed by atoms with E-state index in [4.69, 9.17) is 4.74 Å². The quantitative estimate of drug-likeness (QED) is 0.831. The maximum absolute atomic E-state index is 12.2. The summed E-state index contributed by atoms with van der Waals surface area (Å²) >= 11 is 0. The molecule has 2 aromatic rings. The van der Waals surface area contributed by atoms with Gasteiger partial charge in [-0.1, -0.05) is 60.2 Å². The zero-order valence-corrected chi connectivity index (χ0v) is 13.0. The van der Waals surface area contributed by atoms with Gasteiger partial charge in [0, 0.05) is 0 Å². The molecule has 0 aromatic heterocycles. The van der Waals surface area contributed by atoms with E-state index in [1.165, 1.54) is 0 Å². The molecule has 0 heterocycles. The average molecular weight is 298 g/mol. The number of esters is 1.